The lowest BCUT2D eigenvalue weighted by Gasteiger charge is -2.36. The molecule has 2 N–H and O–H groups in total. The zero-order valence-electron chi connectivity index (χ0n) is 13.5. The monoisotopic (exact) mass is 317 g/mol. The Hall–Kier alpha value is -0.170. The lowest BCUT2D eigenvalue weighted by Crippen LogP contribution is -2.48. The zero-order chi connectivity index (χ0) is 15.3. The number of piperidine rings is 1. The van der Waals surface area contributed by atoms with Gasteiger partial charge in [-0.15, -0.1) is 0 Å². The highest BCUT2D eigenvalue weighted by molar-refractivity contribution is 7.87. The van der Waals surface area contributed by atoms with Gasteiger partial charge < -0.3 is 5.32 Å². The molecule has 6 heteroatoms. The fourth-order valence-electron chi connectivity index (χ4n) is 3.58. The first kappa shape index (κ1) is 17.2. The maximum atomic E-state index is 12.4. The summed E-state index contributed by atoms with van der Waals surface area (Å²) in [6.07, 6.45) is 7.94. The molecule has 1 heterocycles. The zero-order valence-corrected chi connectivity index (χ0v) is 14.3. The average Bonchev–Trinajstić information content (AvgIpc) is 2.47. The second kappa shape index (κ2) is 7.40. The van der Waals surface area contributed by atoms with E-state index in [0.717, 1.165) is 32.2 Å². The molecule has 5 nitrogen and oxygen atoms in total. The molecule has 2 rings (SSSR count). The van der Waals surface area contributed by atoms with Crippen molar-refractivity contribution in [2.45, 2.75) is 51.9 Å². The van der Waals surface area contributed by atoms with Crippen LogP contribution in [0.3, 0.4) is 0 Å². The van der Waals surface area contributed by atoms with Crippen molar-refractivity contribution >= 4 is 10.2 Å². The van der Waals surface area contributed by atoms with Crippen LogP contribution in [0.5, 0.6) is 0 Å². The summed E-state index contributed by atoms with van der Waals surface area (Å²) in [6, 6.07) is 0. The molecule has 0 amide bonds. The quantitative estimate of drug-likeness (QED) is 0.784. The molecule has 1 saturated heterocycles. The second-order valence-electron chi connectivity index (χ2n) is 7.10. The van der Waals surface area contributed by atoms with Crippen molar-refractivity contribution in [2.24, 2.45) is 11.3 Å². The highest BCUT2D eigenvalue weighted by Crippen LogP contribution is 2.35. The Morgan fingerprint density at radius 2 is 1.76 bits per heavy atom. The van der Waals surface area contributed by atoms with E-state index in [1.807, 2.05) is 7.05 Å². The van der Waals surface area contributed by atoms with E-state index in [4.69, 9.17) is 0 Å². The maximum absolute atomic E-state index is 12.4. The van der Waals surface area contributed by atoms with Crippen LogP contribution in [0.25, 0.3) is 0 Å². The maximum Gasteiger partial charge on any atom is 0.279 e. The van der Waals surface area contributed by atoms with Gasteiger partial charge in [0.05, 0.1) is 0 Å². The van der Waals surface area contributed by atoms with Gasteiger partial charge in [-0.25, -0.2) is 4.72 Å². The highest BCUT2D eigenvalue weighted by atomic mass is 32.2. The van der Waals surface area contributed by atoms with E-state index in [1.54, 1.807) is 4.31 Å². The molecular weight excluding hydrogens is 286 g/mol. The summed E-state index contributed by atoms with van der Waals surface area (Å²) >= 11 is 0. The summed E-state index contributed by atoms with van der Waals surface area (Å²) in [6.45, 7) is 5.09. The van der Waals surface area contributed by atoms with E-state index in [9.17, 15) is 8.42 Å². The third kappa shape index (κ3) is 4.91. The minimum atomic E-state index is -3.30. The first-order chi connectivity index (χ1) is 9.95. The molecule has 0 bridgehead atoms. The summed E-state index contributed by atoms with van der Waals surface area (Å²) in [5.41, 5.74) is 0.149. The Balaban J connectivity index is 1.82. The summed E-state index contributed by atoms with van der Waals surface area (Å²) in [5.74, 6) is 0.609. The normalized spacial score (nSPS) is 25.0. The number of hydrogen-bond donors (Lipinski definition) is 2. The largest absolute Gasteiger partial charge is 0.319 e. The molecule has 1 aliphatic carbocycles. The molecule has 0 unspecified atom stereocenters. The van der Waals surface area contributed by atoms with Crippen molar-refractivity contribution in [1.29, 1.82) is 0 Å². The third-order valence-corrected chi connectivity index (χ3v) is 6.70. The van der Waals surface area contributed by atoms with Gasteiger partial charge in [-0.1, -0.05) is 26.2 Å². The van der Waals surface area contributed by atoms with Gasteiger partial charge in [0.25, 0.3) is 10.2 Å². The fraction of sp³-hybridized carbons (Fsp3) is 1.00. The Morgan fingerprint density at radius 1 is 1.14 bits per heavy atom. The van der Waals surface area contributed by atoms with Crippen LogP contribution >= 0.6 is 0 Å². The minimum absolute atomic E-state index is 0.149. The Morgan fingerprint density at radius 3 is 2.33 bits per heavy atom. The van der Waals surface area contributed by atoms with Gasteiger partial charge in [-0.2, -0.15) is 12.7 Å². The smallest absolute Gasteiger partial charge is 0.279 e. The van der Waals surface area contributed by atoms with Gasteiger partial charge in [0.1, 0.15) is 0 Å². The molecule has 0 aromatic heterocycles. The average molecular weight is 317 g/mol. The summed E-state index contributed by atoms with van der Waals surface area (Å²) in [7, 11) is -1.34. The Kier molecular flexibility index (Phi) is 6.05. The van der Waals surface area contributed by atoms with Crippen molar-refractivity contribution in [3.63, 3.8) is 0 Å². The minimum Gasteiger partial charge on any atom is -0.319 e. The van der Waals surface area contributed by atoms with E-state index in [-0.39, 0.29) is 5.41 Å². The van der Waals surface area contributed by atoms with Crippen LogP contribution in [0.1, 0.15) is 51.9 Å². The molecule has 2 fully saturated rings. The summed E-state index contributed by atoms with van der Waals surface area (Å²) in [4.78, 5) is 0. The van der Waals surface area contributed by atoms with E-state index in [0.29, 0.717) is 25.6 Å². The van der Waals surface area contributed by atoms with E-state index < -0.39 is 10.2 Å². The molecule has 0 radical (unpaired) electrons. The summed E-state index contributed by atoms with van der Waals surface area (Å²) in [5, 5.41) is 3.18. The molecule has 124 valence electrons. The SMILES string of the molecule is CNCC1CCN(S(=O)(=O)NCC2(C)CCCCC2)CC1. The molecule has 0 spiro atoms. The molecular formula is C15H31N3O2S. The van der Waals surface area contributed by atoms with Gasteiger partial charge in [-0.3, -0.25) is 0 Å². The van der Waals surface area contributed by atoms with Crippen LogP contribution in [0.4, 0.5) is 0 Å². The third-order valence-electron chi connectivity index (χ3n) is 5.15. The van der Waals surface area contributed by atoms with Crippen molar-refractivity contribution in [2.75, 3.05) is 33.2 Å². The number of nitrogens with zero attached hydrogens (tertiary/aromatic N) is 1. The molecule has 2 aliphatic rings. The molecule has 21 heavy (non-hydrogen) atoms. The van der Waals surface area contributed by atoms with E-state index >= 15 is 0 Å². The number of rotatable bonds is 6. The summed E-state index contributed by atoms with van der Waals surface area (Å²) < 4.78 is 29.4. The van der Waals surface area contributed by atoms with Gasteiger partial charge in [0.15, 0.2) is 0 Å². The predicted octanol–water partition coefficient (Wildman–Crippen LogP) is 1.72. The molecule has 0 aromatic carbocycles. The van der Waals surface area contributed by atoms with E-state index in [1.165, 1.54) is 19.3 Å². The lowest BCUT2D eigenvalue weighted by molar-refractivity contribution is 0.214. The van der Waals surface area contributed by atoms with Gasteiger partial charge >= 0.3 is 0 Å². The van der Waals surface area contributed by atoms with Crippen molar-refractivity contribution in [3.05, 3.63) is 0 Å². The molecule has 0 atom stereocenters. The van der Waals surface area contributed by atoms with Gasteiger partial charge in [-0.05, 0) is 50.6 Å². The second-order valence-corrected chi connectivity index (χ2v) is 8.85. The highest BCUT2D eigenvalue weighted by Gasteiger charge is 2.32. The van der Waals surface area contributed by atoms with E-state index in [2.05, 4.69) is 17.0 Å². The van der Waals surface area contributed by atoms with Crippen LogP contribution in [0.2, 0.25) is 0 Å². The molecule has 1 saturated carbocycles. The first-order valence-electron chi connectivity index (χ1n) is 8.34. The molecule has 1 aliphatic heterocycles. The number of nitrogens with one attached hydrogen (secondary N) is 2. The lowest BCUT2D eigenvalue weighted by atomic mass is 9.76. The Labute approximate surface area is 130 Å². The van der Waals surface area contributed by atoms with Gasteiger partial charge in [0, 0.05) is 19.6 Å². The predicted molar refractivity (Wildman–Crippen MR) is 86.3 cm³/mol. The van der Waals surface area contributed by atoms with Crippen LogP contribution < -0.4 is 10.0 Å². The van der Waals surface area contributed by atoms with Gasteiger partial charge in [0.2, 0.25) is 0 Å². The Bertz CT molecular complexity index is 411. The first-order valence-corrected chi connectivity index (χ1v) is 9.79. The van der Waals surface area contributed by atoms with Crippen LogP contribution in [0.15, 0.2) is 0 Å². The van der Waals surface area contributed by atoms with Crippen molar-refractivity contribution in [1.82, 2.24) is 14.3 Å². The topological polar surface area (TPSA) is 61.4 Å². The van der Waals surface area contributed by atoms with Crippen molar-refractivity contribution < 1.29 is 8.42 Å². The van der Waals surface area contributed by atoms with Crippen LogP contribution in [-0.2, 0) is 10.2 Å². The fourth-order valence-corrected chi connectivity index (χ4v) is 4.99. The van der Waals surface area contributed by atoms with Crippen LogP contribution in [0, 0.1) is 11.3 Å². The van der Waals surface area contributed by atoms with Crippen molar-refractivity contribution in [3.8, 4) is 0 Å². The standard InChI is InChI=1S/C15H31N3O2S/c1-15(8-4-3-5-9-15)13-17-21(19,20)18-10-6-14(7-11-18)12-16-2/h14,16-17H,3-13H2,1-2H3. The molecule has 0 aromatic rings. The van der Waals surface area contributed by atoms with Crippen LogP contribution in [-0.4, -0.2) is 45.9 Å². The number of hydrogen-bond acceptors (Lipinski definition) is 3.